The maximum absolute atomic E-state index is 13.7. The molecule has 0 bridgehead atoms. The number of hydrogen-bond donors (Lipinski definition) is 0. The second kappa shape index (κ2) is 6.18. The smallest absolute Gasteiger partial charge is 0.339 e. The van der Waals surface area contributed by atoms with E-state index in [2.05, 4.69) is 0 Å². The van der Waals surface area contributed by atoms with Gasteiger partial charge in [0.2, 0.25) is 11.8 Å². The zero-order valence-corrected chi connectivity index (χ0v) is 15.8. The highest BCUT2D eigenvalue weighted by atomic mass is 16.6. The number of nitrogens with zero attached hydrogens (tertiary/aromatic N) is 3. The molecule has 2 heterocycles. The molecule has 4 rings (SSSR count). The Labute approximate surface area is 158 Å². The van der Waals surface area contributed by atoms with Gasteiger partial charge in [0.15, 0.2) is 0 Å². The van der Waals surface area contributed by atoms with E-state index < -0.39 is 17.3 Å². The van der Waals surface area contributed by atoms with Gasteiger partial charge in [-0.3, -0.25) is 9.69 Å². The molecule has 27 heavy (non-hydrogen) atoms. The van der Waals surface area contributed by atoms with E-state index in [0.717, 1.165) is 0 Å². The predicted molar refractivity (Wildman–Crippen MR) is 103 cm³/mol. The van der Waals surface area contributed by atoms with E-state index in [-0.39, 0.29) is 5.91 Å². The van der Waals surface area contributed by atoms with Crippen LogP contribution >= 0.6 is 0 Å². The van der Waals surface area contributed by atoms with Crippen LogP contribution in [-0.2, 0) is 9.53 Å². The number of amides is 3. The van der Waals surface area contributed by atoms with Gasteiger partial charge in [0.05, 0.1) is 12.3 Å². The monoisotopic (exact) mass is 365 g/mol. The summed E-state index contributed by atoms with van der Waals surface area (Å²) in [5.74, 6) is -1.45. The molecule has 0 saturated carbocycles. The summed E-state index contributed by atoms with van der Waals surface area (Å²) in [6, 6.07) is 18.0. The number of urea groups is 1. The Balaban J connectivity index is 1.94. The fourth-order valence-electron chi connectivity index (χ4n) is 4.16. The van der Waals surface area contributed by atoms with E-state index in [0.29, 0.717) is 24.5 Å². The number of ether oxygens (including phenoxy) is 1. The van der Waals surface area contributed by atoms with Gasteiger partial charge in [-0.15, -0.1) is 0 Å². The van der Waals surface area contributed by atoms with Crippen LogP contribution in [0.25, 0.3) is 0 Å². The van der Waals surface area contributed by atoms with Gasteiger partial charge in [-0.1, -0.05) is 36.4 Å². The summed E-state index contributed by atoms with van der Waals surface area (Å²) in [6.45, 7) is 4.78. The molecule has 0 aliphatic carbocycles. The normalized spacial score (nSPS) is 25.4. The molecule has 0 aromatic heterocycles. The quantitative estimate of drug-likeness (QED) is 0.819. The molecule has 140 valence electrons. The first-order valence-corrected chi connectivity index (χ1v) is 9.05. The molecule has 0 N–H and O–H groups in total. The summed E-state index contributed by atoms with van der Waals surface area (Å²) in [4.78, 5) is 32.0. The largest absolute Gasteiger partial charge is 0.340 e. The Hall–Kier alpha value is -2.70. The average molecular weight is 365 g/mol. The third kappa shape index (κ3) is 2.33. The lowest BCUT2D eigenvalue weighted by Crippen LogP contribution is -2.77. The molecule has 6 nitrogen and oxygen atoms in total. The SMILES string of the molecule is CN1CCOC12N(c1ccccc1)C(=O)N(c1ccccc1)C(=O)C2(C)C. The Morgan fingerprint density at radius 2 is 1.44 bits per heavy atom. The van der Waals surface area contributed by atoms with Gasteiger partial charge in [0.25, 0.3) is 0 Å². The van der Waals surface area contributed by atoms with E-state index in [9.17, 15) is 9.59 Å². The van der Waals surface area contributed by atoms with E-state index in [1.54, 1.807) is 17.0 Å². The summed E-state index contributed by atoms with van der Waals surface area (Å²) in [5, 5.41) is 0. The summed E-state index contributed by atoms with van der Waals surface area (Å²) in [6.07, 6.45) is 0. The Morgan fingerprint density at radius 1 is 0.889 bits per heavy atom. The zero-order valence-electron chi connectivity index (χ0n) is 15.8. The highest BCUT2D eigenvalue weighted by Gasteiger charge is 2.67. The molecule has 2 aromatic rings. The van der Waals surface area contributed by atoms with Crippen molar-refractivity contribution in [2.75, 3.05) is 30.0 Å². The topological polar surface area (TPSA) is 53.1 Å². The first-order chi connectivity index (χ1) is 12.9. The highest BCUT2D eigenvalue weighted by Crippen LogP contribution is 2.49. The van der Waals surface area contributed by atoms with Crippen LogP contribution in [0.5, 0.6) is 0 Å². The second-order valence-electron chi connectivity index (χ2n) is 7.43. The number of benzene rings is 2. The van der Waals surface area contributed by atoms with Crippen LogP contribution in [-0.4, -0.2) is 42.9 Å². The molecule has 6 heteroatoms. The Morgan fingerprint density at radius 3 is 1.96 bits per heavy atom. The van der Waals surface area contributed by atoms with Crippen molar-refractivity contribution in [2.24, 2.45) is 5.41 Å². The third-order valence-electron chi connectivity index (χ3n) is 5.51. The van der Waals surface area contributed by atoms with E-state index >= 15 is 0 Å². The van der Waals surface area contributed by atoms with Gasteiger partial charge >= 0.3 is 6.03 Å². The molecule has 2 fully saturated rings. The van der Waals surface area contributed by atoms with Crippen molar-refractivity contribution < 1.29 is 14.3 Å². The van der Waals surface area contributed by atoms with Gasteiger partial charge in [-0.05, 0) is 45.2 Å². The van der Waals surface area contributed by atoms with E-state index in [4.69, 9.17) is 4.74 Å². The van der Waals surface area contributed by atoms with Crippen LogP contribution < -0.4 is 9.80 Å². The standard InChI is InChI=1S/C21H23N3O3/c1-20(2)18(25)23(16-10-6-4-7-11-16)19(26)24(17-12-8-5-9-13-17)21(20)22(3)14-15-27-21/h4-13H,14-15H2,1-3H3. The molecule has 2 saturated heterocycles. The van der Waals surface area contributed by atoms with Gasteiger partial charge < -0.3 is 4.74 Å². The fraction of sp³-hybridized carbons (Fsp3) is 0.333. The molecular formula is C21H23N3O3. The number of rotatable bonds is 2. The first kappa shape index (κ1) is 17.7. The summed E-state index contributed by atoms with van der Waals surface area (Å²) in [7, 11) is 1.89. The molecule has 2 aromatic carbocycles. The minimum atomic E-state index is -1.17. The van der Waals surface area contributed by atoms with Crippen molar-refractivity contribution >= 4 is 23.3 Å². The lowest BCUT2D eigenvalue weighted by atomic mass is 9.80. The number of carbonyl (C=O) groups is 2. The number of carbonyl (C=O) groups excluding carboxylic acids is 2. The van der Waals surface area contributed by atoms with Gasteiger partial charge in [0, 0.05) is 12.2 Å². The molecule has 3 amide bonds. The number of anilines is 2. The molecule has 1 unspecified atom stereocenters. The number of para-hydroxylation sites is 2. The maximum atomic E-state index is 13.7. The van der Waals surface area contributed by atoms with Crippen molar-refractivity contribution in [3.05, 3.63) is 60.7 Å². The van der Waals surface area contributed by atoms with Crippen LogP contribution in [0.1, 0.15) is 13.8 Å². The van der Waals surface area contributed by atoms with Crippen molar-refractivity contribution in [1.82, 2.24) is 4.90 Å². The number of hydrogen-bond acceptors (Lipinski definition) is 4. The number of imide groups is 1. The molecule has 2 aliphatic heterocycles. The van der Waals surface area contributed by atoms with Crippen molar-refractivity contribution in [2.45, 2.75) is 19.7 Å². The summed E-state index contributed by atoms with van der Waals surface area (Å²) in [5.41, 5.74) is 0.257. The van der Waals surface area contributed by atoms with Crippen molar-refractivity contribution in [1.29, 1.82) is 0 Å². The van der Waals surface area contributed by atoms with Crippen molar-refractivity contribution in [3.8, 4) is 0 Å². The molecule has 1 atom stereocenters. The lowest BCUT2D eigenvalue weighted by molar-refractivity contribution is -0.172. The summed E-state index contributed by atoms with van der Waals surface area (Å²) >= 11 is 0. The van der Waals surface area contributed by atoms with Crippen LogP contribution in [0.3, 0.4) is 0 Å². The summed E-state index contributed by atoms with van der Waals surface area (Å²) < 4.78 is 6.18. The van der Waals surface area contributed by atoms with Crippen LogP contribution in [0.15, 0.2) is 60.7 Å². The Bertz CT molecular complexity index is 869. The minimum Gasteiger partial charge on any atom is -0.340 e. The maximum Gasteiger partial charge on any atom is 0.339 e. The Kier molecular flexibility index (Phi) is 4.05. The highest BCUT2D eigenvalue weighted by molar-refractivity contribution is 6.24. The molecular weight excluding hydrogens is 342 g/mol. The van der Waals surface area contributed by atoms with Gasteiger partial charge in [-0.2, -0.15) is 0 Å². The number of likely N-dealkylation sites (N-methyl/N-ethyl adjacent to an activating group) is 1. The van der Waals surface area contributed by atoms with Crippen molar-refractivity contribution in [3.63, 3.8) is 0 Å². The first-order valence-electron chi connectivity index (χ1n) is 9.05. The third-order valence-corrected chi connectivity index (χ3v) is 5.51. The average Bonchev–Trinajstić information content (AvgIpc) is 3.05. The fourth-order valence-corrected chi connectivity index (χ4v) is 4.16. The van der Waals surface area contributed by atoms with E-state index in [1.807, 2.05) is 74.3 Å². The van der Waals surface area contributed by atoms with Gasteiger partial charge in [0.1, 0.15) is 5.41 Å². The van der Waals surface area contributed by atoms with Crippen LogP contribution in [0.2, 0.25) is 0 Å². The predicted octanol–water partition coefficient (Wildman–Crippen LogP) is 3.30. The second-order valence-corrected chi connectivity index (χ2v) is 7.43. The van der Waals surface area contributed by atoms with Crippen LogP contribution in [0.4, 0.5) is 16.2 Å². The molecule has 1 spiro atoms. The van der Waals surface area contributed by atoms with Gasteiger partial charge in [-0.25, -0.2) is 14.6 Å². The lowest BCUT2D eigenvalue weighted by Gasteiger charge is -2.56. The van der Waals surface area contributed by atoms with Crippen LogP contribution in [0, 0.1) is 5.41 Å². The molecule has 2 aliphatic rings. The zero-order chi connectivity index (χ0) is 19.2. The van der Waals surface area contributed by atoms with E-state index in [1.165, 1.54) is 4.90 Å². The minimum absolute atomic E-state index is 0.278. The molecule has 0 radical (unpaired) electrons.